The van der Waals surface area contributed by atoms with Gasteiger partial charge in [0.15, 0.2) is 0 Å². The van der Waals surface area contributed by atoms with Gasteiger partial charge in [-0.05, 0) is 65.7 Å². The summed E-state index contributed by atoms with van der Waals surface area (Å²) in [6, 6.07) is 16.8. The summed E-state index contributed by atoms with van der Waals surface area (Å²) in [7, 11) is 0. The van der Waals surface area contributed by atoms with Gasteiger partial charge in [-0.1, -0.05) is 12.1 Å². The number of carbonyl (C=O) groups excluding carboxylic acids is 1. The maximum Gasteiger partial charge on any atom is 0.265 e. The largest absolute Gasteiger partial charge is 0.336 e. The lowest BCUT2D eigenvalue weighted by molar-refractivity contribution is 0.0628. The standard InChI is InChI=1S/C25H24N4O2S/c1-18-26-23-5-3-2-4-22(23)25(31)29(18)21-8-6-20(7-9-21)24(30)28-13-11-27(12-14-28)16-19-10-15-32-17-19/h2-10,15,17H,11-14,16H2,1H3. The zero-order valence-corrected chi connectivity index (χ0v) is 18.7. The molecule has 0 bridgehead atoms. The Morgan fingerprint density at radius 1 is 1.00 bits per heavy atom. The fourth-order valence-corrected chi connectivity index (χ4v) is 4.89. The molecule has 1 saturated heterocycles. The van der Waals surface area contributed by atoms with E-state index in [1.54, 1.807) is 34.1 Å². The van der Waals surface area contributed by atoms with Gasteiger partial charge in [0.25, 0.3) is 11.5 Å². The molecule has 0 saturated carbocycles. The predicted molar refractivity (Wildman–Crippen MR) is 128 cm³/mol. The molecular weight excluding hydrogens is 420 g/mol. The number of aryl methyl sites for hydroxylation is 1. The van der Waals surface area contributed by atoms with Crippen LogP contribution in [0.25, 0.3) is 16.6 Å². The van der Waals surface area contributed by atoms with E-state index in [9.17, 15) is 9.59 Å². The Balaban J connectivity index is 1.31. The van der Waals surface area contributed by atoms with Crippen molar-refractivity contribution in [2.75, 3.05) is 26.2 Å². The van der Waals surface area contributed by atoms with Gasteiger partial charge in [-0.3, -0.25) is 19.1 Å². The molecular formula is C25H24N4O2S. The van der Waals surface area contributed by atoms with Crippen LogP contribution in [0.15, 0.2) is 70.2 Å². The highest BCUT2D eigenvalue weighted by molar-refractivity contribution is 7.07. The summed E-state index contributed by atoms with van der Waals surface area (Å²) in [5.41, 5.74) is 3.27. The number of carbonyl (C=O) groups is 1. The van der Waals surface area contributed by atoms with Crippen molar-refractivity contribution in [2.24, 2.45) is 0 Å². The van der Waals surface area contributed by atoms with E-state index in [1.165, 1.54) is 5.56 Å². The zero-order chi connectivity index (χ0) is 22.1. The van der Waals surface area contributed by atoms with Gasteiger partial charge in [0.05, 0.1) is 16.6 Å². The Labute approximate surface area is 190 Å². The maximum absolute atomic E-state index is 13.0. The molecule has 0 N–H and O–H groups in total. The number of hydrogen-bond donors (Lipinski definition) is 0. The van der Waals surface area contributed by atoms with Crippen LogP contribution in [0.2, 0.25) is 0 Å². The van der Waals surface area contributed by atoms with Crippen molar-refractivity contribution in [1.82, 2.24) is 19.4 Å². The number of amides is 1. The number of aromatic nitrogens is 2. The number of thiophene rings is 1. The second-order valence-electron chi connectivity index (χ2n) is 8.06. The number of hydrogen-bond acceptors (Lipinski definition) is 5. The van der Waals surface area contributed by atoms with Crippen molar-refractivity contribution in [3.63, 3.8) is 0 Å². The molecule has 4 aromatic rings. The van der Waals surface area contributed by atoms with Gasteiger partial charge < -0.3 is 4.90 Å². The second kappa shape index (κ2) is 8.68. The highest BCUT2D eigenvalue weighted by atomic mass is 32.1. The molecule has 1 fully saturated rings. The number of fused-ring (bicyclic) bond motifs is 1. The molecule has 2 aromatic carbocycles. The number of piperazine rings is 1. The van der Waals surface area contributed by atoms with E-state index < -0.39 is 0 Å². The smallest absolute Gasteiger partial charge is 0.265 e. The molecule has 0 radical (unpaired) electrons. The quantitative estimate of drug-likeness (QED) is 0.482. The van der Waals surface area contributed by atoms with Gasteiger partial charge in [-0.15, -0.1) is 0 Å². The van der Waals surface area contributed by atoms with Crippen LogP contribution in [0.4, 0.5) is 0 Å². The van der Waals surface area contributed by atoms with E-state index in [0.717, 1.165) is 32.7 Å². The number of para-hydroxylation sites is 1. The molecule has 32 heavy (non-hydrogen) atoms. The van der Waals surface area contributed by atoms with Crippen molar-refractivity contribution in [3.05, 3.63) is 92.7 Å². The van der Waals surface area contributed by atoms with Gasteiger partial charge in [0, 0.05) is 38.3 Å². The summed E-state index contributed by atoms with van der Waals surface area (Å²) >= 11 is 1.72. The van der Waals surface area contributed by atoms with Gasteiger partial charge in [0.1, 0.15) is 5.82 Å². The van der Waals surface area contributed by atoms with E-state index >= 15 is 0 Å². The molecule has 0 atom stereocenters. The molecule has 1 aliphatic rings. The van der Waals surface area contributed by atoms with Crippen LogP contribution in [0.5, 0.6) is 0 Å². The van der Waals surface area contributed by atoms with Gasteiger partial charge in [-0.2, -0.15) is 11.3 Å². The lowest BCUT2D eigenvalue weighted by atomic mass is 10.1. The number of nitrogens with zero attached hydrogens (tertiary/aromatic N) is 4. The second-order valence-corrected chi connectivity index (χ2v) is 8.84. The number of benzene rings is 2. The molecule has 7 heteroatoms. The van der Waals surface area contributed by atoms with Crippen molar-refractivity contribution in [1.29, 1.82) is 0 Å². The third-order valence-corrected chi connectivity index (χ3v) is 6.69. The highest BCUT2D eigenvalue weighted by Crippen LogP contribution is 2.16. The van der Waals surface area contributed by atoms with Crippen LogP contribution in [0.3, 0.4) is 0 Å². The molecule has 1 amide bonds. The van der Waals surface area contributed by atoms with Crippen molar-refractivity contribution >= 4 is 28.1 Å². The number of rotatable bonds is 4. The normalized spacial score (nSPS) is 14.7. The minimum absolute atomic E-state index is 0.0347. The van der Waals surface area contributed by atoms with E-state index in [4.69, 9.17) is 0 Å². The Morgan fingerprint density at radius 2 is 1.75 bits per heavy atom. The first-order valence-electron chi connectivity index (χ1n) is 10.7. The average molecular weight is 445 g/mol. The van der Waals surface area contributed by atoms with Gasteiger partial charge in [-0.25, -0.2) is 4.98 Å². The summed E-state index contributed by atoms with van der Waals surface area (Å²) in [5.74, 6) is 0.655. The average Bonchev–Trinajstić information content (AvgIpc) is 3.33. The topological polar surface area (TPSA) is 58.4 Å². The van der Waals surface area contributed by atoms with Crippen molar-refractivity contribution in [2.45, 2.75) is 13.5 Å². The highest BCUT2D eigenvalue weighted by Gasteiger charge is 2.22. The fraction of sp³-hybridized carbons (Fsp3) is 0.240. The molecule has 1 aliphatic heterocycles. The first-order valence-corrected chi connectivity index (χ1v) is 11.7. The minimum Gasteiger partial charge on any atom is -0.336 e. The molecule has 162 valence electrons. The Morgan fingerprint density at radius 3 is 2.47 bits per heavy atom. The molecule has 0 unspecified atom stereocenters. The summed E-state index contributed by atoms with van der Waals surface area (Å²) in [4.78, 5) is 34.9. The minimum atomic E-state index is -0.103. The van der Waals surface area contributed by atoms with E-state index in [1.807, 2.05) is 42.2 Å². The first-order chi connectivity index (χ1) is 15.6. The van der Waals surface area contributed by atoms with Crippen molar-refractivity contribution in [3.8, 4) is 5.69 Å². The maximum atomic E-state index is 13.0. The van der Waals surface area contributed by atoms with Gasteiger partial charge in [0.2, 0.25) is 0 Å². The third kappa shape index (κ3) is 3.97. The fourth-order valence-electron chi connectivity index (χ4n) is 4.23. The van der Waals surface area contributed by atoms with Crippen LogP contribution < -0.4 is 5.56 Å². The monoisotopic (exact) mass is 444 g/mol. The van der Waals surface area contributed by atoms with Crippen LogP contribution >= 0.6 is 11.3 Å². The van der Waals surface area contributed by atoms with Crippen LogP contribution in [0, 0.1) is 6.92 Å². The summed E-state index contributed by atoms with van der Waals surface area (Å²) in [6.07, 6.45) is 0. The van der Waals surface area contributed by atoms with Gasteiger partial charge >= 0.3 is 0 Å². The third-order valence-electron chi connectivity index (χ3n) is 5.96. The lowest BCUT2D eigenvalue weighted by Crippen LogP contribution is -2.48. The zero-order valence-electron chi connectivity index (χ0n) is 17.9. The Hall–Kier alpha value is -3.29. The summed E-state index contributed by atoms with van der Waals surface area (Å²) < 4.78 is 1.60. The predicted octanol–water partition coefficient (Wildman–Crippen LogP) is 3.71. The Kier molecular flexibility index (Phi) is 5.59. The first kappa shape index (κ1) is 20.6. The lowest BCUT2D eigenvalue weighted by Gasteiger charge is -2.34. The van der Waals surface area contributed by atoms with Crippen molar-refractivity contribution < 1.29 is 4.79 Å². The van der Waals surface area contributed by atoms with Crippen LogP contribution in [-0.2, 0) is 6.54 Å². The molecule has 2 aromatic heterocycles. The van der Waals surface area contributed by atoms with E-state index in [2.05, 4.69) is 26.7 Å². The van der Waals surface area contributed by atoms with Crippen LogP contribution in [0.1, 0.15) is 21.7 Å². The summed E-state index contributed by atoms with van der Waals surface area (Å²) in [5, 5.41) is 4.86. The SMILES string of the molecule is Cc1nc2ccccc2c(=O)n1-c1ccc(C(=O)N2CCN(Cc3ccsc3)CC2)cc1. The molecule has 0 aliphatic carbocycles. The summed E-state index contributed by atoms with van der Waals surface area (Å²) in [6.45, 7) is 5.94. The molecule has 5 rings (SSSR count). The Bertz CT molecular complexity index is 1300. The van der Waals surface area contributed by atoms with Crippen LogP contribution in [-0.4, -0.2) is 51.4 Å². The van der Waals surface area contributed by atoms with E-state index in [-0.39, 0.29) is 11.5 Å². The molecule has 0 spiro atoms. The molecule has 6 nitrogen and oxygen atoms in total. The van der Waals surface area contributed by atoms with E-state index in [0.29, 0.717) is 28.0 Å². The molecule has 3 heterocycles.